The molecule has 1 aliphatic heterocycles. The van der Waals surface area contributed by atoms with Crippen LogP contribution in [0.3, 0.4) is 0 Å². The highest BCUT2D eigenvalue weighted by Crippen LogP contribution is 2.26. The molecule has 3 aromatic rings. The van der Waals surface area contributed by atoms with E-state index < -0.39 is 0 Å². The number of oxazole rings is 1. The Bertz CT molecular complexity index is 1010. The number of aromatic amines is 1. The molecule has 0 fully saturated rings. The first-order chi connectivity index (χ1) is 12.7. The molecule has 0 spiro atoms. The van der Waals surface area contributed by atoms with E-state index >= 15 is 0 Å². The van der Waals surface area contributed by atoms with Crippen LogP contribution in [0.4, 0.5) is 0 Å². The topological polar surface area (TPSA) is 92.1 Å². The van der Waals surface area contributed by atoms with Crippen molar-refractivity contribution in [2.45, 2.75) is 26.3 Å². The molecule has 4 heterocycles. The largest absolute Gasteiger partial charge is 0.441 e. The summed E-state index contributed by atoms with van der Waals surface area (Å²) in [5.74, 6) is 1.23. The first-order valence-corrected chi connectivity index (χ1v) is 8.56. The third-order valence-electron chi connectivity index (χ3n) is 4.51. The molecule has 0 saturated heterocycles. The number of hydrogen-bond donors (Lipinski definition) is 1. The second-order valence-corrected chi connectivity index (χ2v) is 6.18. The van der Waals surface area contributed by atoms with Crippen molar-refractivity contribution in [3.05, 3.63) is 69.7 Å². The van der Waals surface area contributed by atoms with Crippen molar-refractivity contribution in [1.82, 2.24) is 19.9 Å². The van der Waals surface area contributed by atoms with Crippen LogP contribution >= 0.6 is 0 Å². The predicted octanol–water partition coefficient (Wildman–Crippen LogP) is 2.19. The van der Waals surface area contributed by atoms with E-state index in [0.29, 0.717) is 43.1 Å². The zero-order chi connectivity index (χ0) is 18.1. The highest BCUT2D eigenvalue weighted by atomic mass is 16.4. The molecule has 0 aromatic carbocycles. The maximum absolute atomic E-state index is 12.9. The van der Waals surface area contributed by atoms with Crippen molar-refractivity contribution < 1.29 is 9.21 Å². The fourth-order valence-electron chi connectivity index (χ4n) is 3.15. The van der Waals surface area contributed by atoms with Gasteiger partial charge in [-0.3, -0.25) is 14.6 Å². The second-order valence-electron chi connectivity index (χ2n) is 6.18. The smallest absolute Gasteiger partial charge is 0.255 e. The summed E-state index contributed by atoms with van der Waals surface area (Å²) >= 11 is 0. The normalized spacial score (nSPS) is 13.5. The van der Waals surface area contributed by atoms with E-state index in [2.05, 4.69) is 15.0 Å². The van der Waals surface area contributed by atoms with E-state index in [1.807, 2.05) is 19.1 Å². The van der Waals surface area contributed by atoms with Gasteiger partial charge < -0.3 is 14.3 Å². The van der Waals surface area contributed by atoms with E-state index in [-0.39, 0.29) is 11.5 Å². The van der Waals surface area contributed by atoms with Gasteiger partial charge in [-0.25, -0.2) is 4.98 Å². The number of pyridine rings is 2. The summed E-state index contributed by atoms with van der Waals surface area (Å²) in [6.45, 7) is 2.85. The van der Waals surface area contributed by atoms with Crippen LogP contribution in [0, 0.1) is 0 Å². The van der Waals surface area contributed by atoms with E-state index in [4.69, 9.17) is 4.42 Å². The Labute approximate surface area is 149 Å². The van der Waals surface area contributed by atoms with Crippen molar-refractivity contribution in [2.75, 3.05) is 6.54 Å². The summed E-state index contributed by atoms with van der Waals surface area (Å²) in [4.78, 5) is 37.5. The standard InChI is InChI=1S/C19H18N4O3/c1-2-14-13(5-6-17(24)21-14)19(25)23-9-7-16-15(11-23)22-18(26-16)12-4-3-8-20-10-12/h3-6,8,10H,2,7,9,11H2,1H3,(H,21,24). The van der Waals surface area contributed by atoms with Crippen molar-refractivity contribution >= 4 is 5.91 Å². The molecule has 0 bridgehead atoms. The molecule has 1 amide bonds. The highest BCUT2D eigenvalue weighted by Gasteiger charge is 2.27. The van der Waals surface area contributed by atoms with Gasteiger partial charge in [0, 0.05) is 37.1 Å². The van der Waals surface area contributed by atoms with Crippen molar-refractivity contribution in [3.8, 4) is 11.5 Å². The van der Waals surface area contributed by atoms with E-state index in [0.717, 1.165) is 17.0 Å². The number of carbonyl (C=O) groups is 1. The summed E-state index contributed by atoms with van der Waals surface area (Å²) in [6, 6.07) is 6.70. The molecule has 4 rings (SSSR count). The number of aryl methyl sites for hydroxylation is 1. The van der Waals surface area contributed by atoms with E-state index in [1.165, 1.54) is 6.07 Å². The predicted molar refractivity (Wildman–Crippen MR) is 94.6 cm³/mol. The molecule has 0 aliphatic carbocycles. The fourth-order valence-corrected chi connectivity index (χ4v) is 3.15. The number of carbonyl (C=O) groups excluding carboxylic acids is 1. The van der Waals surface area contributed by atoms with Crippen molar-refractivity contribution in [1.29, 1.82) is 0 Å². The third-order valence-corrected chi connectivity index (χ3v) is 4.51. The lowest BCUT2D eigenvalue weighted by Crippen LogP contribution is -2.36. The SMILES string of the molecule is CCc1[nH]c(=O)ccc1C(=O)N1CCc2oc(-c3cccnc3)nc2C1. The fraction of sp³-hybridized carbons (Fsp3) is 0.263. The van der Waals surface area contributed by atoms with Gasteiger partial charge >= 0.3 is 0 Å². The maximum Gasteiger partial charge on any atom is 0.255 e. The summed E-state index contributed by atoms with van der Waals surface area (Å²) < 4.78 is 5.85. The number of rotatable bonds is 3. The molecular weight excluding hydrogens is 332 g/mol. The number of H-pyrrole nitrogens is 1. The van der Waals surface area contributed by atoms with Crippen LogP contribution in [0.15, 0.2) is 45.9 Å². The molecule has 0 atom stereocenters. The Hall–Kier alpha value is -3.22. The summed E-state index contributed by atoms with van der Waals surface area (Å²) in [6.07, 6.45) is 4.60. The molecule has 0 radical (unpaired) electrons. The van der Waals surface area contributed by atoms with Crippen LogP contribution in [0.1, 0.15) is 34.4 Å². The Morgan fingerprint density at radius 1 is 1.35 bits per heavy atom. The van der Waals surface area contributed by atoms with Gasteiger partial charge in [0.15, 0.2) is 0 Å². The zero-order valence-electron chi connectivity index (χ0n) is 14.4. The minimum absolute atomic E-state index is 0.102. The number of amides is 1. The lowest BCUT2D eigenvalue weighted by molar-refractivity contribution is 0.0726. The number of nitrogens with zero attached hydrogens (tertiary/aromatic N) is 3. The average molecular weight is 350 g/mol. The molecule has 3 aromatic heterocycles. The van der Waals surface area contributed by atoms with E-state index in [1.54, 1.807) is 23.4 Å². The van der Waals surface area contributed by atoms with Gasteiger partial charge in [-0.05, 0) is 24.6 Å². The van der Waals surface area contributed by atoms with Gasteiger partial charge in [0.25, 0.3) is 5.91 Å². The average Bonchev–Trinajstić information content (AvgIpc) is 3.11. The van der Waals surface area contributed by atoms with Crippen LogP contribution < -0.4 is 5.56 Å². The Morgan fingerprint density at radius 2 is 2.23 bits per heavy atom. The van der Waals surface area contributed by atoms with Gasteiger partial charge in [0.2, 0.25) is 11.4 Å². The summed E-state index contributed by atoms with van der Waals surface area (Å²) in [7, 11) is 0. The van der Waals surface area contributed by atoms with E-state index in [9.17, 15) is 9.59 Å². The van der Waals surface area contributed by atoms with Gasteiger partial charge in [0.05, 0.1) is 17.7 Å². The van der Waals surface area contributed by atoms with Gasteiger partial charge in [-0.15, -0.1) is 0 Å². The van der Waals surface area contributed by atoms with Gasteiger partial charge in [-0.2, -0.15) is 0 Å². The lowest BCUT2D eigenvalue weighted by Gasteiger charge is -2.26. The molecule has 1 aliphatic rings. The first-order valence-electron chi connectivity index (χ1n) is 8.56. The van der Waals surface area contributed by atoms with Crippen LogP contribution in [0.5, 0.6) is 0 Å². The third kappa shape index (κ3) is 2.92. The minimum Gasteiger partial charge on any atom is -0.441 e. The minimum atomic E-state index is -0.197. The Kier molecular flexibility index (Phi) is 4.12. The van der Waals surface area contributed by atoms with Crippen LogP contribution in [0.25, 0.3) is 11.5 Å². The molecular formula is C19H18N4O3. The summed E-state index contributed by atoms with van der Waals surface area (Å²) in [5, 5.41) is 0. The zero-order valence-corrected chi connectivity index (χ0v) is 14.4. The van der Waals surface area contributed by atoms with Crippen LogP contribution in [0.2, 0.25) is 0 Å². The molecule has 7 nitrogen and oxygen atoms in total. The molecule has 1 N–H and O–H groups in total. The van der Waals surface area contributed by atoms with Crippen LogP contribution in [-0.2, 0) is 19.4 Å². The quantitative estimate of drug-likeness (QED) is 0.782. The first kappa shape index (κ1) is 16.3. The van der Waals surface area contributed by atoms with Gasteiger partial charge in [0.1, 0.15) is 11.5 Å². The number of fused-ring (bicyclic) bond motifs is 1. The monoisotopic (exact) mass is 350 g/mol. The number of hydrogen-bond acceptors (Lipinski definition) is 5. The summed E-state index contributed by atoms with van der Waals surface area (Å²) in [5.41, 5.74) is 2.58. The van der Waals surface area contributed by atoms with Crippen LogP contribution in [-0.4, -0.2) is 32.3 Å². The second kappa shape index (κ2) is 6.59. The number of nitrogens with one attached hydrogen (secondary N) is 1. The Balaban J connectivity index is 1.60. The molecule has 7 heteroatoms. The molecule has 26 heavy (non-hydrogen) atoms. The lowest BCUT2D eigenvalue weighted by atomic mass is 10.1. The van der Waals surface area contributed by atoms with Crippen molar-refractivity contribution in [2.24, 2.45) is 0 Å². The number of aromatic nitrogens is 3. The molecule has 132 valence electrons. The maximum atomic E-state index is 12.9. The molecule has 0 saturated carbocycles. The molecule has 0 unspecified atom stereocenters. The van der Waals surface area contributed by atoms with Crippen molar-refractivity contribution in [3.63, 3.8) is 0 Å². The Morgan fingerprint density at radius 3 is 3.00 bits per heavy atom. The van der Waals surface area contributed by atoms with Gasteiger partial charge in [-0.1, -0.05) is 6.92 Å². The highest BCUT2D eigenvalue weighted by molar-refractivity contribution is 5.95.